The maximum absolute atomic E-state index is 12.2. The third-order valence-electron chi connectivity index (χ3n) is 5.24. The minimum absolute atomic E-state index is 0.103. The molecule has 0 aromatic heterocycles. The Morgan fingerprint density at radius 1 is 1.09 bits per heavy atom. The molecule has 1 aromatic rings. The molecule has 2 unspecified atom stereocenters. The van der Waals surface area contributed by atoms with Crippen LogP contribution in [-0.2, 0) is 0 Å². The highest BCUT2D eigenvalue weighted by Crippen LogP contribution is 2.46. The van der Waals surface area contributed by atoms with Crippen molar-refractivity contribution in [1.82, 2.24) is 10.6 Å². The van der Waals surface area contributed by atoms with Crippen molar-refractivity contribution in [3.63, 3.8) is 0 Å². The van der Waals surface area contributed by atoms with Crippen molar-refractivity contribution in [3.05, 3.63) is 33.8 Å². The van der Waals surface area contributed by atoms with E-state index >= 15 is 0 Å². The topological polar surface area (TPSA) is 41.1 Å². The van der Waals surface area contributed by atoms with Gasteiger partial charge >= 0.3 is 0 Å². The minimum Gasteiger partial charge on any atom is -0.349 e. The number of amides is 1. The standard InChI is InChI=1S/C14H15Cl2NO.C4H9N/c15-12-3-1-2-11(13(12)16)14(18)17-10-6-8-4-5-9(8)7-10;1-2-4-5-3-1/h1-3,8-10H,4-7H2,(H,17,18);5H,1-4H2. The molecular weight excluding hydrogens is 331 g/mol. The van der Waals surface area contributed by atoms with Crippen LogP contribution < -0.4 is 10.6 Å². The van der Waals surface area contributed by atoms with E-state index in [-0.39, 0.29) is 5.91 Å². The summed E-state index contributed by atoms with van der Waals surface area (Å²) < 4.78 is 0. The highest BCUT2D eigenvalue weighted by Gasteiger charge is 2.40. The lowest BCUT2D eigenvalue weighted by Gasteiger charge is -2.29. The number of benzene rings is 1. The molecule has 4 rings (SSSR count). The third-order valence-corrected chi connectivity index (χ3v) is 6.06. The van der Waals surface area contributed by atoms with Gasteiger partial charge in [-0.15, -0.1) is 0 Å². The smallest absolute Gasteiger partial charge is 0.253 e. The van der Waals surface area contributed by atoms with Gasteiger partial charge in [0, 0.05) is 6.04 Å². The number of nitrogens with one attached hydrogen (secondary N) is 2. The second-order valence-corrected chi connectivity index (χ2v) is 7.58. The summed E-state index contributed by atoms with van der Waals surface area (Å²) in [4.78, 5) is 12.2. The summed E-state index contributed by atoms with van der Waals surface area (Å²) in [5.74, 6) is 1.57. The van der Waals surface area contributed by atoms with E-state index in [0.29, 0.717) is 21.7 Å². The van der Waals surface area contributed by atoms with Gasteiger partial charge < -0.3 is 10.6 Å². The molecule has 2 atom stereocenters. The molecule has 5 heteroatoms. The first kappa shape index (κ1) is 17.1. The molecule has 0 radical (unpaired) electrons. The van der Waals surface area contributed by atoms with Gasteiger partial charge in [-0.2, -0.15) is 0 Å². The third kappa shape index (κ3) is 4.20. The molecule has 2 aliphatic carbocycles. The van der Waals surface area contributed by atoms with E-state index in [1.807, 2.05) is 0 Å². The Morgan fingerprint density at radius 3 is 2.26 bits per heavy atom. The summed E-state index contributed by atoms with van der Waals surface area (Å²) in [6.45, 7) is 2.50. The zero-order chi connectivity index (χ0) is 16.2. The Morgan fingerprint density at radius 2 is 1.74 bits per heavy atom. The van der Waals surface area contributed by atoms with Crippen LogP contribution in [0.25, 0.3) is 0 Å². The maximum Gasteiger partial charge on any atom is 0.253 e. The van der Waals surface area contributed by atoms with Gasteiger partial charge in [-0.1, -0.05) is 29.3 Å². The summed E-state index contributed by atoms with van der Waals surface area (Å²) in [6.07, 6.45) is 7.67. The molecule has 1 aliphatic heterocycles. The van der Waals surface area contributed by atoms with Gasteiger partial charge in [0.05, 0.1) is 15.6 Å². The second kappa shape index (κ2) is 7.87. The Bertz CT molecular complexity index is 540. The fourth-order valence-corrected chi connectivity index (χ4v) is 4.16. The number of carbonyl (C=O) groups is 1. The van der Waals surface area contributed by atoms with Crippen molar-refractivity contribution >= 4 is 29.1 Å². The van der Waals surface area contributed by atoms with Crippen molar-refractivity contribution in [2.45, 2.75) is 44.6 Å². The summed E-state index contributed by atoms with van der Waals surface area (Å²) in [6, 6.07) is 5.47. The molecule has 3 aliphatic rings. The van der Waals surface area contributed by atoms with Crippen molar-refractivity contribution in [2.75, 3.05) is 13.1 Å². The molecule has 1 heterocycles. The van der Waals surface area contributed by atoms with Gasteiger partial charge in [-0.05, 0) is 75.6 Å². The molecule has 3 nitrogen and oxygen atoms in total. The fraction of sp³-hybridized carbons (Fsp3) is 0.611. The first-order valence-electron chi connectivity index (χ1n) is 8.60. The van der Waals surface area contributed by atoms with Crippen molar-refractivity contribution in [1.29, 1.82) is 0 Å². The van der Waals surface area contributed by atoms with Crippen molar-refractivity contribution < 1.29 is 4.79 Å². The van der Waals surface area contributed by atoms with Gasteiger partial charge in [0.25, 0.3) is 5.91 Å². The molecule has 0 bridgehead atoms. The van der Waals surface area contributed by atoms with Gasteiger partial charge in [-0.3, -0.25) is 4.79 Å². The number of fused-ring (bicyclic) bond motifs is 1. The van der Waals surface area contributed by atoms with Crippen LogP contribution in [0, 0.1) is 11.8 Å². The van der Waals surface area contributed by atoms with E-state index in [2.05, 4.69) is 10.6 Å². The Kier molecular flexibility index (Phi) is 5.84. The van der Waals surface area contributed by atoms with Crippen LogP contribution in [0.2, 0.25) is 10.0 Å². The van der Waals surface area contributed by atoms with Gasteiger partial charge in [0.15, 0.2) is 0 Å². The fourth-order valence-electron chi connectivity index (χ4n) is 3.77. The van der Waals surface area contributed by atoms with E-state index in [1.54, 1.807) is 18.2 Å². The summed E-state index contributed by atoms with van der Waals surface area (Å²) in [7, 11) is 0. The number of carbonyl (C=O) groups excluding carboxylic acids is 1. The number of hydrogen-bond donors (Lipinski definition) is 2. The van der Waals surface area contributed by atoms with Crippen LogP contribution >= 0.6 is 23.2 Å². The molecule has 1 aromatic carbocycles. The molecule has 2 N–H and O–H groups in total. The molecule has 1 saturated heterocycles. The molecule has 1 amide bonds. The first-order chi connectivity index (χ1) is 11.1. The maximum atomic E-state index is 12.2. The predicted molar refractivity (Wildman–Crippen MR) is 95.3 cm³/mol. The number of halogens is 2. The van der Waals surface area contributed by atoms with Crippen molar-refractivity contribution in [3.8, 4) is 0 Å². The summed E-state index contributed by atoms with van der Waals surface area (Å²) >= 11 is 12.0. The minimum atomic E-state index is -0.103. The largest absolute Gasteiger partial charge is 0.349 e. The summed E-state index contributed by atoms with van der Waals surface area (Å²) in [5, 5.41) is 7.08. The van der Waals surface area contributed by atoms with Crippen molar-refractivity contribution in [2.24, 2.45) is 11.8 Å². The lowest BCUT2D eigenvalue weighted by Crippen LogP contribution is -2.33. The van der Waals surface area contributed by atoms with Gasteiger partial charge in [-0.25, -0.2) is 0 Å². The molecule has 0 spiro atoms. The predicted octanol–water partition coefficient (Wildman–Crippen LogP) is 4.28. The highest BCUT2D eigenvalue weighted by molar-refractivity contribution is 6.43. The average Bonchev–Trinajstić information content (AvgIpc) is 3.17. The lowest BCUT2D eigenvalue weighted by molar-refractivity contribution is 0.0937. The van der Waals surface area contributed by atoms with E-state index in [0.717, 1.165) is 24.7 Å². The van der Waals surface area contributed by atoms with Crippen LogP contribution in [-0.4, -0.2) is 25.0 Å². The second-order valence-electron chi connectivity index (χ2n) is 6.80. The van der Waals surface area contributed by atoms with Gasteiger partial charge in [0.1, 0.15) is 0 Å². The number of hydrogen-bond acceptors (Lipinski definition) is 2. The zero-order valence-electron chi connectivity index (χ0n) is 13.3. The SMILES string of the molecule is C1CCNC1.O=C(NC1CC2CCC2C1)c1cccc(Cl)c1Cl. The Balaban J connectivity index is 0.000000267. The van der Waals surface area contributed by atoms with E-state index in [1.165, 1.54) is 38.8 Å². The molecule has 2 saturated carbocycles. The Hall–Kier alpha value is -0.770. The zero-order valence-corrected chi connectivity index (χ0v) is 14.8. The summed E-state index contributed by atoms with van der Waals surface area (Å²) in [5.41, 5.74) is 0.475. The normalized spacial score (nSPS) is 28.3. The Labute approximate surface area is 148 Å². The highest BCUT2D eigenvalue weighted by atomic mass is 35.5. The molecule has 126 valence electrons. The average molecular weight is 355 g/mol. The first-order valence-corrected chi connectivity index (χ1v) is 9.36. The van der Waals surface area contributed by atoms with E-state index in [4.69, 9.17) is 23.2 Å². The van der Waals surface area contributed by atoms with Crippen LogP contribution in [0.1, 0.15) is 48.9 Å². The molecule has 3 fully saturated rings. The number of rotatable bonds is 2. The lowest BCUT2D eigenvalue weighted by atomic mass is 9.77. The van der Waals surface area contributed by atoms with Crippen LogP contribution in [0.3, 0.4) is 0 Å². The monoisotopic (exact) mass is 354 g/mol. The molecule has 23 heavy (non-hydrogen) atoms. The van der Waals surface area contributed by atoms with Gasteiger partial charge in [0.2, 0.25) is 0 Å². The quantitative estimate of drug-likeness (QED) is 0.831. The molecular formula is C18H24Cl2N2O. The van der Waals surface area contributed by atoms with Crippen LogP contribution in [0.15, 0.2) is 18.2 Å². The van der Waals surface area contributed by atoms with Crippen LogP contribution in [0.4, 0.5) is 0 Å². The van der Waals surface area contributed by atoms with Crippen LogP contribution in [0.5, 0.6) is 0 Å². The van der Waals surface area contributed by atoms with E-state index in [9.17, 15) is 4.79 Å². The van der Waals surface area contributed by atoms with E-state index < -0.39 is 0 Å².